The Labute approximate surface area is 114 Å². The maximum absolute atomic E-state index is 12.2. The van der Waals surface area contributed by atoms with Crippen LogP contribution in [0.15, 0.2) is 0 Å². The Morgan fingerprint density at radius 3 is 2.58 bits per heavy atom. The van der Waals surface area contributed by atoms with Crippen LogP contribution in [-0.4, -0.2) is 24.6 Å². The van der Waals surface area contributed by atoms with E-state index in [0.717, 1.165) is 6.42 Å². The minimum Gasteiger partial charge on any atom is -0.465 e. The highest BCUT2D eigenvalue weighted by molar-refractivity contribution is 5.79. The summed E-state index contributed by atoms with van der Waals surface area (Å²) >= 11 is 0. The van der Waals surface area contributed by atoms with E-state index in [4.69, 9.17) is 9.47 Å². The van der Waals surface area contributed by atoms with Gasteiger partial charge in [0, 0.05) is 0 Å². The molecule has 4 nitrogen and oxygen atoms in total. The van der Waals surface area contributed by atoms with Gasteiger partial charge in [-0.25, -0.2) is 0 Å². The minimum absolute atomic E-state index is 0.0147. The summed E-state index contributed by atoms with van der Waals surface area (Å²) in [4.78, 5) is 24.0. The number of ether oxygens (including phenoxy) is 2. The fourth-order valence-corrected chi connectivity index (χ4v) is 3.18. The van der Waals surface area contributed by atoms with Crippen molar-refractivity contribution in [2.24, 2.45) is 29.6 Å². The number of rotatable bonds is 4. The van der Waals surface area contributed by atoms with Crippen molar-refractivity contribution in [3.8, 4) is 0 Å². The predicted octanol–water partition coefficient (Wildman–Crippen LogP) is 2.41. The third kappa shape index (κ3) is 2.93. The van der Waals surface area contributed by atoms with E-state index < -0.39 is 0 Å². The second-order valence-corrected chi connectivity index (χ2v) is 6.59. The highest BCUT2D eigenvalue weighted by Gasteiger charge is 2.52. The predicted molar refractivity (Wildman–Crippen MR) is 70.2 cm³/mol. The van der Waals surface area contributed by atoms with Gasteiger partial charge in [-0.05, 0) is 30.6 Å². The Morgan fingerprint density at radius 1 is 1.32 bits per heavy atom. The molecule has 0 spiro atoms. The van der Waals surface area contributed by atoms with Gasteiger partial charge in [0.05, 0.1) is 18.4 Å². The molecule has 0 aromatic heterocycles. The van der Waals surface area contributed by atoms with Gasteiger partial charge in [-0.2, -0.15) is 0 Å². The topological polar surface area (TPSA) is 52.6 Å². The Morgan fingerprint density at radius 2 is 2.00 bits per heavy atom. The second kappa shape index (κ2) is 5.51. The molecule has 2 fully saturated rings. The normalized spacial score (nSPS) is 33.7. The number of carbonyl (C=O) groups is 2. The highest BCUT2D eigenvalue weighted by Crippen LogP contribution is 2.45. The zero-order valence-electron chi connectivity index (χ0n) is 12.2. The molecule has 0 amide bonds. The van der Waals surface area contributed by atoms with Crippen LogP contribution in [0, 0.1) is 29.6 Å². The van der Waals surface area contributed by atoms with Crippen molar-refractivity contribution in [3.05, 3.63) is 0 Å². The summed E-state index contributed by atoms with van der Waals surface area (Å²) in [5.41, 5.74) is 0. The van der Waals surface area contributed by atoms with Crippen LogP contribution < -0.4 is 0 Å². The largest absolute Gasteiger partial charge is 0.465 e. The number of fused-ring (bicyclic) bond motifs is 2. The first kappa shape index (κ1) is 14.4. The average Bonchev–Trinajstić information content (AvgIpc) is 2.63. The van der Waals surface area contributed by atoms with E-state index in [2.05, 4.69) is 13.8 Å². The van der Waals surface area contributed by atoms with Crippen molar-refractivity contribution in [1.29, 1.82) is 0 Å². The van der Waals surface area contributed by atoms with Gasteiger partial charge in [-0.15, -0.1) is 0 Å². The van der Waals surface area contributed by atoms with E-state index in [1.54, 1.807) is 0 Å². The lowest BCUT2D eigenvalue weighted by molar-refractivity contribution is -0.157. The van der Waals surface area contributed by atoms with Gasteiger partial charge in [0.2, 0.25) is 0 Å². The zero-order chi connectivity index (χ0) is 14.2. The summed E-state index contributed by atoms with van der Waals surface area (Å²) in [6, 6.07) is 0. The van der Waals surface area contributed by atoms with Gasteiger partial charge in [0.15, 0.2) is 0 Å². The molecule has 4 atom stereocenters. The van der Waals surface area contributed by atoms with E-state index in [0.29, 0.717) is 24.9 Å². The first-order valence-electron chi connectivity index (χ1n) is 7.27. The smallest absolute Gasteiger partial charge is 0.312 e. The molecule has 4 heteroatoms. The van der Waals surface area contributed by atoms with Gasteiger partial charge in [0.1, 0.15) is 6.10 Å². The summed E-state index contributed by atoms with van der Waals surface area (Å²) in [5.74, 6) is 0.348. The van der Waals surface area contributed by atoms with Crippen molar-refractivity contribution in [1.82, 2.24) is 0 Å². The van der Waals surface area contributed by atoms with E-state index in [1.165, 1.54) is 0 Å². The summed E-state index contributed by atoms with van der Waals surface area (Å²) in [5, 5.41) is 0. The lowest BCUT2D eigenvalue weighted by Gasteiger charge is -2.32. The monoisotopic (exact) mass is 268 g/mol. The molecule has 1 aliphatic carbocycles. The van der Waals surface area contributed by atoms with Gasteiger partial charge in [0.25, 0.3) is 0 Å². The molecule has 1 saturated carbocycles. The van der Waals surface area contributed by atoms with Crippen molar-refractivity contribution < 1.29 is 19.1 Å². The number of hydrogen-bond acceptors (Lipinski definition) is 4. The van der Waals surface area contributed by atoms with Crippen molar-refractivity contribution in [3.63, 3.8) is 0 Å². The Kier molecular flexibility index (Phi) is 4.16. The molecule has 0 aromatic carbocycles. The summed E-state index contributed by atoms with van der Waals surface area (Å²) in [7, 11) is 0. The quantitative estimate of drug-likeness (QED) is 0.735. The first-order chi connectivity index (χ1) is 8.90. The molecule has 108 valence electrons. The molecule has 0 N–H and O–H groups in total. The van der Waals surface area contributed by atoms with Crippen molar-refractivity contribution >= 4 is 11.9 Å². The molecule has 1 aliphatic heterocycles. The maximum atomic E-state index is 12.2. The number of hydrogen-bond donors (Lipinski definition) is 0. The van der Waals surface area contributed by atoms with Gasteiger partial charge < -0.3 is 9.47 Å². The number of esters is 2. The minimum atomic E-state index is -0.270. The molecule has 0 radical (unpaired) electrons. The molecule has 1 heterocycles. The van der Waals surface area contributed by atoms with Crippen LogP contribution in [-0.2, 0) is 19.1 Å². The van der Waals surface area contributed by atoms with Gasteiger partial charge in [-0.1, -0.05) is 27.7 Å². The SMILES string of the molecule is CC(C)COC(=O)C1CC(C(C)C)C2CC1OC2=O. The van der Waals surface area contributed by atoms with Crippen LogP contribution >= 0.6 is 0 Å². The Hall–Kier alpha value is -1.06. The van der Waals surface area contributed by atoms with E-state index in [9.17, 15) is 9.59 Å². The molecule has 0 aromatic rings. The van der Waals surface area contributed by atoms with Crippen LogP contribution in [0.2, 0.25) is 0 Å². The van der Waals surface area contributed by atoms with E-state index >= 15 is 0 Å². The second-order valence-electron chi connectivity index (χ2n) is 6.59. The molecule has 1 saturated heterocycles. The molecule has 4 unspecified atom stereocenters. The standard InChI is InChI=1S/C15H24O4/c1-8(2)7-18-14(16)12-5-10(9(3)4)11-6-13(12)19-15(11)17/h8-13H,5-7H2,1-4H3. The van der Waals surface area contributed by atoms with Crippen molar-refractivity contribution in [2.45, 2.75) is 46.6 Å². The van der Waals surface area contributed by atoms with Crippen LogP contribution in [0.1, 0.15) is 40.5 Å². The average molecular weight is 268 g/mol. The first-order valence-corrected chi connectivity index (χ1v) is 7.27. The van der Waals surface area contributed by atoms with Crippen molar-refractivity contribution in [2.75, 3.05) is 6.61 Å². The summed E-state index contributed by atoms with van der Waals surface area (Å²) < 4.78 is 10.7. The molecule has 2 bridgehead atoms. The molecular weight excluding hydrogens is 244 g/mol. The lowest BCUT2D eigenvalue weighted by atomic mass is 9.70. The van der Waals surface area contributed by atoms with Crippen LogP contribution in [0.25, 0.3) is 0 Å². The molecule has 19 heavy (non-hydrogen) atoms. The van der Waals surface area contributed by atoms with Crippen LogP contribution in [0.5, 0.6) is 0 Å². The fraction of sp³-hybridized carbons (Fsp3) is 0.867. The zero-order valence-corrected chi connectivity index (χ0v) is 12.2. The van der Waals surface area contributed by atoms with Crippen LogP contribution in [0.3, 0.4) is 0 Å². The van der Waals surface area contributed by atoms with E-state index in [-0.39, 0.29) is 35.8 Å². The van der Waals surface area contributed by atoms with Gasteiger partial charge in [-0.3, -0.25) is 9.59 Å². The Balaban J connectivity index is 2.05. The van der Waals surface area contributed by atoms with Gasteiger partial charge >= 0.3 is 11.9 Å². The van der Waals surface area contributed by atoms with Crippen LogP contribution in [0.4, 0.5) is 0 Å². The summed E-state index contributed by atoms with van der Waals surface area (Å²) in [6.45, 7) is 8.67. The molecule has 2 rings (SSSR count). The summed E-state index contributed by atoms with van der Waals surface area (Å²) in [6.07, 6.45) is 1.14. The lowest BCUT2D eigenvalue weighted by Crippen LogP contribution is -2.38. The maximum Gasteiger partial charge on any atom is 0.312 e. The third-order valence-electron chi connectivity index (χ3n) is 4.27. The highest BCUT2D eigenvalue weighted by atomic mass is 16.6. The molecular formula is C15H24O4. The Bertz CT molecular complexity index is 361. The molecule has 2 aliphatic rings. The third-order valence-corrected chi connectivity index (χ3v) is 4.27. The number of carbonyl (C=O) groups excluding carboxylic acids is 2. The van der Waals surface area contributed by atoms with E-state index in [1.807, 2.05) is 13.8 Å². The fourth-order valence-electron chi connectivity index (χ4n) is 3.18.